The van der Waals surface area contributed by atoms with Crippen LogP contribution in [0.25, 0.3) is 5.69 Å². The van der Waals surface area contributed by atoms with Gasteiger partial charge in [-0.2, -0.15) is 5.10 Å². The van der Waals surface area contributed by atoms with Crippen LogP contribution in [0.2, 0.25) is 0 Å². The molecule has 0 fully saturated rings. The van der Waals surface area contributed by atoms with E-state index in [2.05, 4.69) is 15.2 Å². The van der Waals surface area contributed by atoms with Gasteiger partial charge in [-0.25, -0.2) is 0 Å². The fourth-order valence-electron chi connectivity index (χ4n) is 1.98. The molecule has 0 radical (unpaired) electrons. The quantitative estimate of drug-likeness (QED) is 0.743. The molecule has 0 aliphatic carbocycles. The van der Waals surface area contributed by atoms with E-state index in [1.807, 2.05) is 53.2 Å². The van der Waals surface area contributed by atoms with E-state index in [9.17, 15) is 0 Å². The van der Waals surface area contributed by atoms with Gasteiger partial charge in [0.25, 0.3) is 0 Å². The van der Waals surface area contributed by atoms with E-state index < -0.39 is 0 Å². The van der Waals surface area contributed by atoms with E-state index >= 15 is 0 Å². The van der Waals surface area contributed by atoms with Crippen LogP contribution in [0.3, 0.4) is 0 Å². The van der Waals surface area contributed by atoms with Gasteiger partial charge in [-0.15, -0.1) is 0 Å². The zero-order valence-corrected chi connectivity index (χ0v) is 11.0. The summed E-state index contributed by atoms with van der Waals surface area (Å²) in [6.45, 7) is 0. The maximum absolute atomic E-state index is 5.30. The lowest BCUT2D eigenvalue weighted by molar-refractivity contribution is 0.898. The van der Waals surface area contributed by atoms with Crippen molar-refractivity contribution in [2.24, 2.45) is 0 Å². The average molecular weight is 268 g/mol. The maximum atomic E-state index is 5.30. The molecule has 19 heavy (non-hydrogen) atoms. The van der Waals surface area contributed by atoms with Crippen LogP contribution in [0, 0.1) is 4.77 Å². The summed E-state index contributed by atoms with van der Waals surface area (Å²) in [5.41, 5.74) is 2.12. The van der Waals surface area contributed by atoms with E-state index in [0.29, 0.717) is 11.2 Å². The second-order valence-corrected chi connectivity index (χ2v) is 4.54. The van der Waals surface area contributed by atoms with Gasteiger partial charge < -0.3 is 0 Å². The van der Waals surface area contributed by atoms with Gasteiger partial charge in [0.15, 0.2) is 4.77 Å². The van der Waals surface area contributed by atoms with Crippen LogP contribution >= 0.6 is 12.2 Å². The van der Waals surface area contributed by atoms with Crippen molar-refractivity contribution in [1.82, 2.24) is 19.7 Å². The summed E-state index contributed by atoms with van der Waals surface area (Å²) < 4.78 is 2.55. The average Bonchev–Trinajstić information content (AvgIpc) is 2.82. The van der Waals surface area contributed by atoms with Crippen LogP contribution < -0.4 is 0 Å². The molecular weight excluding hydrogens is 256 g/mol. The SMILES string of the molecule is S=c1[nH]nc(Cc2cccnc2)n1-c1ccccc1. The predicted molar refractivity (Wildman–Crippen MR) is 75.8 cm³/mol. The first-order chi connectivity index (χ1) is 9.34. The summed E-state index contributed by atoms with van der Waals surface area (Å²) in [6.07, 6.45) is 4.29. The fourth-order valence-corrected chi connectivity index (χ4v) is 2.23. The number of H-pyrrole nitrogens is 1. The smallest absolute Gasteiger partial charge is 0.199 e. The van der Waals surface area contributed by atoms with Crippen molar-refractivity contribution in [2.45, 2.75) is 6.42 Å². The van der Waals surface area contributed by atoms with E-state index in [0.717, 1.165) is 17.1 Å². The molecule has 94 valence electrons. The molecule has 1 aromatic carbocycles. The number of para-hydroxylation sites is 1. The number of pyridine rings is 1. The molecule has 5 heteroatoms. The summed E-state index contributed by atoms with van der Waals surface area (Å²) >= 11 is 5.30. The lowest BCUT2D eigenvalue weighted by Gasteiger charge is -2.06. The third kappa shape index (κ3) is 2.46. The highest BCUT2D eigenvalue weighted by Gasteiger charge is 2.08. The molecule has 0 aliphatic rings. The van der Waals surface area contributed by atoms with Crippen molar-refractivity contribution in [3.05, 3.63) is 71.0 Å². The minimum atomic E-state index is 0.602. The Morgan fingerprint density at radius 1 is 1.11 bits per heavy atom. The lowest BCUT2D eigenvalue weighted by Crippen LogP contribution is -2.02. The second-order valence-electron chi connectivity index (χ2n) is 4.15. The van der Waals surface area contributed by atoms with Crippen molar-refractivity contribution in [1.29, 1.82) is 0 Å². The van der Waals surface area contributed by atoms with Gasteiger partial charge in [0.05, 0.1) is 0 Å². The minimum Gasteiger partial charge on any atom is -0.272 e. The molecule has 0 amide bonds. The number of nitrogens with zero attached hydrogens (tertiary/aromatic N) is 3. The Kier molecular flexibility index (Phi) is 3.20. The highest BCUT2D eigenvalue weighted by atomic mass is 32.1. The molecule has 1 N–H and O–H groups in total. The third-order valence-electron chi connectivity index (χ3n) is 2.84. The zero-order chi connectivity index (χ0) is 13.1. The van der Waals surface area contributed by atoms with E-state index in [1.165, 1.54) is 0 Å². The summed E-state index contributed by atoms with van der Waals surface area (Å²) in [6, 6.07) is 13.9. The number of nitrogens with one attached hydrogen (secondary N) is 1. The van der Waals surface area contributed by atoms with Gasteiger partial charge in [0, 0.05) is 24.5 Å². The zero-order valence-electron chi connectivity index (χ0n) is 10.2. The van der Waals surface area contributed by atoms with Crippen molar-refractivity contribution in [3.63, 3.8) is 0 Å². The van der Waals surface area contributed by atoms with Gasteiger partial charge in [-0.05, 0) is 36.0 Å². The summed E-state index contributed by atoms with van der Waals surface area (Å²) in [4.78, 5) is 4.12. The van der Waals surface area contributed by atoms with Crippen LogP contribution in [0.15, 0.2) is 54.9 Å². The molecule has 2 aromatic heterocycles. The van der Waals surface area contributed by atoms with Gasteiger partial charge in [0.1, 0.15) is 5.82 Å². The Bertz CT molecular complexity index is 716. The van der Waals surface area contributed by atoms with Crippen LogP contribution in [0.1, 0.15) is 11.4 Å². The third-order valence-corrected chi connectivity index (χ3v) is 3.12. The summed E-state index contributed by atoms with van der Waals surface area (Å²) in [5, 5.41) is 7.16. The summed E-state index contributed by atoms with van der Waals surface area (Å²) in [5.74, 6) is 0.879. The molecule has 0 bridgehead atoms. The van der Waals surface area contributed by atoms with Gasteiger partial charge in [0.2, 0.25) is 0 Å². The highest BCUT2D eigenvalue weighted by molar-refractivity contribution is 7.71. The number of benzene rings is 1. The molecule has 3 rings (SSSR count). The first kappa shape index (κ1) is 11.8. The first-order valence-electron chi connectivity index (χ1n) is 5.95. The minimum absolute atomic E-state index is 0.602. The Labute approximate surface area is 115 Å². The van der Waals surface area contributed by atoms with Crippen LogP contribution in [-0.2, 0) is 6.42 Å². The molecule has 0 spiro atoms. The monoisotopic (exact) mass is 268 g/mol. The first-order valence-corrected chi connectivity index (χ1v) is 6.36. The molecule has 0 unspecified atom stereocenters. The molecule has 0 atom stereocenters. The maximum Gasteiger partial charge on any atom is 0.199 e. The van der Waals surface area contributed by atoms with Gasteiger partial charge in [-0.1, -0.05) is 24.3 Å². The molecule has 2 heterocycles. The number of aromatic amines is 1. The van der Waals surface area contributed by atoms with Crippen molar-refractivity contribution in [3.8, 4) is 5.69 Å². The lowest BCUT2D eigenvalue weighted by atomic mass is 10.2. The molecule has 0 saturated carbocycles. The van der Waals surface area contributed by atoms with Gasteiger partial charge in [-0.3, -0.25) is 14.6 Å². The van der Waals surface area contributed by atoms with E-state index in [4.69, 9.17) is 12.2 Å². The van der Waals surface area contributed by atoms with Gasteiger partial charge >= 0.3 is 0 Å². The number of aromatic nitrogens is 4. The molecule has 0 saturated heterocycles. The number of hydrogen-bond acceptors (Lipinski definition) is 3. The Morgan fingerprint density at radius 3 is 2.68 bits per heavy atom. The normalized spacial score (nSPS) is 10.5. The largest absolute Gasteiger partial charge is 0.272 e. The molecule has 4 nitrogen and oxygen atoms in total. The molecule has 3 aromatic rings. The van der Waals surface area contributed by atoms with Crippen molar-refractivity contribution < 1.29 is 0 Å². The standard InChI is InChI=1S/C14H12N4S/c19-14-17-16-13(9-11-5-4-8-15-10-11)18(14)12-6-2-1-3-7-12/h1-8,10H,9H2,(H,17,19). The Balaban J connectivity index is 2.03. The number of hydrogen-bond donors (Lipinski definition) is 1. The van der Waals surface area contributed by atoms with Crippen molar-refractivity contribution >= 4 is 12.2 Å². The summed E-state index contributed by atoms with van der Waals surface area (Å²) in [7, 11) is 0. The van der Waals surface area contributed by atoms with E-state index in [1.54, 1.807) is 6.20 Å². The van der Waals surface area contributed by atoms with Crippen LogP contribution in [0.4, 0.5) is 0 Å². The van der Waals surface area contributed by atoms with Crippen molar-refractivity contribution in [2.75, 3.05) is 0 Å². The van der Waals surface area contributed by atoms with Crippen LogP contribution in [0.5, 0.6) is 0 Å². The molecule has 0 aliphatic heterocycles. The highest BCUT2D eigenvalue weighted by Crippen LogP contribution is 2.13. The Hall–Kier alpha value is -2.27. The topological polar surface area (TPSA) is 46.5 Å². The number of rotatable bonds is 3. The second kappa shape index (κ2) is 5.16. The predicted octanol–water partition coefficient (Wildman–Crippen LogP) is 2.92. The fraction of sp³-hybridized carbons (Fsp3) is 0.0714. The van der Waals surface area contributed by atoms with E-state index in [-0.39, 0.29) is 0 Å². The Morgan fingerprint density at radius 2 is 1.95 bits per heavy atom. The molecular formula is C14H12N4S. The van der Waals surface area contributed by atoms with Crippen LogP contribution in [-0.4, -0.2) is 19.7 Å².